The van der Waals surface area contributed by atoms with Gasteiger partial charge in [0.25, 0.3) is 5.91 Å². The minimum atomic E-state index is -0.532. The quantitative estimate of drug-likeness (QED) is 0.701. The topological polar surface area (TPSA) is 40.6 Å². The average Bonchev–Trinajstić information content (AvgIpc) is 2.77. The van der Waals surface area contributed by atoms with E-state index in [9.17, 15) is 9.59 Å². The number of rotatable bonds is 5. The molecule has 0 unspecified atom stereocenters. The largest absolute Gasteiger partial charge is 0.328 e. The van der Waals surface area contributed by atoms with Crippen molar-refractivity contribution in [1.29, 1.82) is 0 Å². The molecule has 164 valence electrons. The van der Waals surface area contributed by atoms with Gasteiger partial charge >= 0.3 is 0 Å². The van der Waals surface area contributed by atoms with E-state index in [0.717, 1.165) is 30.4 Å². The molecule has 2 aromatic rings. The van der Waals surface area contributed by atoms with Crippen molar-refractivity contribution in [1.82, 2.24) is 9.80 Å². The molecular formula is C27H34N2O2. The summed E-state index contributed by atoms with van der Waals surface area (Å²) in [6.07, 6.45) is 4.08. The maximum absolute atomic E-state index is 13.9. The molecule has 2 fully saturated rings. The third-order valence-corrected chi connectivity index (χ3v) is 7.40. The molecule has 4 nitrogen and oxygen atoms in total. The van der Waals surface area contributed by atoms with Gasteiger partial charge in [-0.2, -0.15) is 0 Å². The van der Waals surface area contributed by atoms with Gasteiger partial charge in [-0.25, -0.2) is 0 Å². The van der Waals surface area contributed by atoms with Gasteiger partial charge in [-0.3, -0.25) is 9.59 Å². The van der Waals surface area contributed by atoms with E-state index in [4.69, 9.17) is 0 Å². The van der Waals surface area contributed by atoms with Crippen molar-refractivity contribution in [3.8, 4) is 0 Å². The molecule has 31 heavy (non-hydrogen) atoms. The molecule has 4 atom stereocenters. The zero-order chi connectivity index (χ0) is 22.0. The molecule has 4 rings (SSSR count). The number of piperazine rings is 1. The summed E-state index contributed by atoms with van der Waals surface area (Å²) in [5.41, 5.74) is 3.25. The highest BCUT2D eigenvalue weighted by Crippen LogP contribution is 2.37. The Kier molecular flexibility index (Phi) is 6.45. The van der Waals surface area contributed by atoms with Crippen LogP contribution in [0.25, 0.3) is 0 Å². The molecule has 1 saturated heterocycles. The van der Waals surface area contributed by atoms with Crippen LogP contribution in [-0.2, 0) is 16.0 Å². The Balaban J connectivity index is 1.63. The summed E-state index contributed by atoms with van der Waals surface area (Å²) in [6.45, 7) is 7.32. The summed E-state index contributed by atoms with van der Waals surface area (Å²) in [4.78, 5) is 31.0. The smallest absolute Gasteiger partial charge is 0.250 e. The van der Waals surface area contributed by atoms with Crippen molar-refractivity contribution in [3.63, 3.8) is 0 Å². The van der Waals surface area contributed by atoms with Gasteiger partial charge in [0, 0.05) is 12.6 Å². The van der Waals surface area contributed by atoms with Crippen LogP contribution in [0.4, 0.5) is 0 Å². The van der Waals surface area contributed by atoms with Gasteiger partial charge in [-0.1, -0.05) is 86.8 Å². The fourth-order valence-electron chi connectivity index (χ4n) is 5.24. The van der Waals surface area contributed by atoms with Gasteiger partial charge in [0.1, 0.15) is 12.6 Å². The predicted octanol–water partition coefficient (Wildman–Crippen LogP) is 4.77. The van der Waals surface area contributed by atoms with Gasteiger partial charge in [-0.05, 0) is 42.7 Å². The van der Waals surface area contributed by atoms with Gasteiger partial charge in [0.05, 0.1) is 0 Å². The van der Waals surface area contributed by atoms with Crippen LogP contribution >= 0.6 is 0 Å². The zero-order valence-corrected chi connectivity index (χ0v) is 19.0. The second-order valence-corrected chi connectivity index (χ2v) is 9.44. The van der Waals surface area contributed by atoms with Crippen molar-refractivity contribution < 1.29 is 9.59 Å². The third-order valence-electron chi connectivity index (χ3n) is 7.40. The van der Waals surface area contributed by atoms with Crippen molar-refractivity contribution in [2.75, 3.05) is 13.1 Å². The summed E-state index contributed by atoms with van der Waals surface area (Å²) in [6, 6.07) is 17.9. The van der Waals surface area contributed by atoms with Crippen LogP contribution < -0.4 is 0 Å². The van der Waals surface area contributed by atoms with E-state index < -0.39 is 6.04 Å². The molecule has 1 saturated carbocycles. The van der Waals surface area contributed by atoms with E-state index >= 15 is 0 Å². The third kappa shape index (κ3) is 4.53. The minimum Gasteiger partial charge on any atom is -0.328 e. The molecule has 2 aliphatic rings. The lowest BCUT2D eigenvalue weighted by Gasteiger charge is -2.47. The second kappa shape index (κ2) is 9.25. The lowest BCUT2D eigenvalue weighted by Crippen LogP contribution is -2.60. The van der Waals surface area contributed by atoms with E-state index in [1.54, 1.807) is 0 Å². The Hall–Kier alpha value is -2.62. The van der Waals surface area contributed by atoms with E-state index in [1.807, 2.05) is 59.2 Å². The first kappa shape index (κ1) is 21.6. The summed E-state index contributed by atoms with van der Waals surface area (Å²) in [5.74, 6) is 1.14. The van der Waals surface area contributed by atoms with Crippen LogP contribution in [0.2, 0.25) is 0 Å². The molecule has 1 aliphatic heterocycles. The second-order valence-electron chi connectivity index (χ2n) is 9.44. The highest BCUT2D eigenvalue weighted by atomic mass is 16.2. The summed E-state index contributed by atoms with van der Waals surface area (Å²) >= 11 is 0. The molecule has 1 aliphatic carbocycles. The highest BCUT2D eigenvalue weighted by molar-refractivity contribution is 5.95. The predicted molar refractivity (Wildman–Crippen MR) is 123 cm³/mol. The van der Waals surface area contributed by atoms with Gasteiger partial charge in [-0.15, -0.1) is 0 Å². The molecule has 2 amide bonds. The molecule has 0 radical (unpaired) electrons. The SMILES string of the molecule is Cc1ccc([C@@H]2C(=O)N([C@@H]3CCC[C@@H](C)[C@@H]3C)CC(=O)N2CCc2ccccc2)cc1. The number of aryl methyl sites for hydroxylation is 1. The number of hydrogen-bond donors (Lipinski definition) is 0. The van der Waals surface area contributed by atoms with Crippen LogP contribution in [0.15, 0.2) is 54.6 Å². The number of benzene rings is 2. The molecule has 0 aromatic heterocycles. The summed E-state index contributed by atoms with van der Waals surface area (Å²) in [5, 5.41) is 0. The first-order valence-electron chi connectivity index (χ1n) is 11.7. The highest BCUT2D eigenvalue weighted by Gasteiger charge is 2.44. The molecule has 0 spiro atoms. The monoisotopic (exact) mass is 418 g/mol. The first-order valence-corrected chi connectivity index (χ1v) is 11.7. The average molecular weight is 419 g/mol. The molecule has 2 aromatic carbocycles. The number of carbonyl (C=O) groups excluding carboxylic acids is 2. The van der Waals surface area contributed by atoms with E-state index in [0.29, 0.717) is 18.4 Å². The Bertz CT molecular complexity index is 909. The Morgan fingerprint density at radius 2 is 1.65 bits per heavy atom. The van der Waals surface area contributed by atoms with Crippen LogP contribution in [0.1, 0.15) is 55.8 Å². The van der Waals surface area contributed by atoms with E-state index in [2.05, 4.69) is 26.0 Å². The van der Waals surface area contributed by atoms with Crippen LogP contribution in [0, 0.1) is 18.8 Å². The number of amides is 2. The zero-order valence-electron chi connectivity index (χ0n) is 19.0. The van der Waals surface area contributed by atoms with Crippen LogP contribution in [0.5, 0.6) is 0 Å². The fraction of sp³-hybridized carbons (Fsp3) is 0.481. The maximum Gasteiger partial charge on any atom is 0.250 e. The number of hydrogen-bond acceptors (Lipinski definition) is 2. The normalized spacial score (nSPS) is 26.9. The van der Waals surface area contributed by atoms with Crippen molar-refractivity contribution >= 4 is 11.8 Å². The van der Waals surface area contributed by atoms with E-state index in [-0.39, 0.29) is 24.4 Å². The van der Waals surface area contributed by atoms with Gasteiger partial charge in [0.15, 0.2) is 0 Å². The maximum atomic E-state index is 13.9. The van der Waals surface area contributed by atoms with Crippen molar-refractivity contribution in [2.24, 2.45) is 11.8 Å². The van der Waals surface area contributed by atoms with Gasteiger partial charge < -0.3 is 9.80 Å². The molecule has 4 heteroatoms. The van der Waals surface area contributed by atoms with Gasteiger partial charge in [0.2, 0.25) is 5.91 Å². The molecule has 0 N–H and O–H groups in total. The lowest BCUT2D eigenvalue weighted by molar-refractivity contribution is -0.160. The Labute approximate surface area is 186 Å². The van der Waals surface area contributed by atoms with E-state index in [1.165, 1.54) is 12.0 Å². The Morgan fingerprint density at radius 1 is 0.935 bits per heavy atom. The Morgan fingerprint density at radius 3 is 2.35 bits per heavy atom. The van der Waals surface area contributed by atoms with Crippen molar-refractivity contribution in [3.05, 3.63) is 71.3 Å². The molecule has 1 heterocycles. The molecule has 0 bridgehead atoms. The van der Waals surface area contributed by atoms with Crippen molar-refractivity contribution in [2.45, 2.75) is 58.5 Å². The first-order chi connectivity index (χ1) is 15.0. The fourth-order valence-corrected chi connectivity index (χ4v) is 5.24. The minimum absolute atomic E-state index is 0.0616. The lowest BCUT2D eigenvalue weighted by atomic mass is 9.76. The van der Waals surface area contributed by atoms with Crippen LogP contribution in [0.3, 0.4) is 0 Å². The summed E-state index contributed by atoms with van der Waals surface area (Å²) < 4.78 is 0. The van der Waals surface area contributed by atoms with Crippen LogP contribution in [-0.4, -0.2) is 40.7 Å². The number of nitrogens with zero attached hydrogens (tertiary/aromatic N) is 2. The summed E-state index contributed by atoms with van der Waals surface area (Å²) in [7, 11) is 0. The number of carbonyl (C=O) groups is 2. The standard InChI is InChI=1S/C27H34N2O2/c1-19-12-14-23(15-13-19)26-27(31)29(24-11-7-8-20(2)21(24)3)18-25(30)28(26)17-16-22-9-5-4-6-10-22/h4-6,9-10,12-15,20-21,24,26H,7-8,11,16-18H2,1-3H3/t20-,21+,24-,26-/m1/s1. The molecular weight excluding hydrogens is 384 g/mol.